The number of aromatic nitrogens is 1. The van der Waals surface area contributed by atoms with Crippen molar-refractivity contribution >= 4 is 0 Å². The van der Waals surface area contributed by atoms with Gasteiger partial charge in [-0.15, -0.1) is 0 Å². The van der Waals surface area contributed by atoms with Gasteiger partial charge in [0.2, 0.25) is 0 Å². The number of oxazole rings is 1. The quantitative estimate of drug-likeness (QED) is 0.877. The lowest BCUT2D eigenvalue weighted by molar-refractivity contribution is 0.394. The van der Waals surface area contributed by atoms with E-state index in [9.17, 15) is 0 Å². The Balaban J connectivity index is 1.89. The summed E-state index contributed by atoms with van der Waals surface area (Å²) in [4.78, 5) is 4.29. The third-order valence-corrected chi connectivity index (χ3v) is 3.39. The highest BCUT2D eigenvalue weighted by Gasteiger charge is 2.22. The monoisotopic (exact) mass is 274 g/mol. The molecule has 20 heavy (non-hydrogen) atoms. The van der Waals surface area contributed by atoms with Crippen LogP contribution in [0.25, 0.3) is 11.3 Å². The fraction of sp³-hybridized carbons (Fsp3) is 0.400. The van der Waals surface area contributed by atoms with Gasteiger partial charge in [-0.25, -0.2) is 4.98 Å². The molecular weight excluding hydrogens is 256 g/mol. The predicted octanol–water partition coefficient (Wildman–Crippen LogP) is 2.61. The normalized spacial score (nSPS) is 14.3. The summed E-state index contributed by atoms with van der Waals surface area (Å²) in [5.74, 6) is 2.23. The minimum atomic E-state index is 0.638. The highest BCUT2D eigenvalue weighted by molar-refractivity contribution is 5.64. The minimum Gasteiger partial charge on any atom is -0.497 e. The molecule has 1 N–H and O–H groups in total. The third kappa shape index (κ3) is 2.77. The molecule has 1 aliphatic carbocycles. The van der Waals surface area contributed by atoms with Crippen molar-refractivity contribution in [2.75, 3.05) is 14.2 Å². The van der Waals surface area contributed by atoms with Gasteiger partial charge >= 0.3 is 0 Å². The van der Waals surface area contributed by atoms with Crippen LogP contribution in [0.3, 0.4) is 0 Å². The lowest BCUT2D eigenvalue weighted by Gasteiger charge is -2.08. The van der Waals surface area contributed by atoms with E-state index >= 15 is 0 Å². The van der Waals surface area contributed by atoms with E-state index in [1.54, 1.807) is 14.2 Å². The maximum absolute atomic E-state index is 5.54. The molecule has 106 valence electrons. The molecule has 0 atom stereocenters. The van der Waals surface area contributed by atoms with Crippen LogP contribution >= 0.6 is 0 Å². The van der Waals surface area contributed by atoms with E-state index in [1.165, 1.54) is 19.2 Å². The summed E-state index contributed by atoms with van der Waals surface area (Å²) >= 11 is 0. The molecule has 0 amide bonds. The van der Waals surface area contributed by atoms with Crippen LogP contribution in [0, 0.1) is 0 Å². The molecule has 0 radical (unpaired) electrons. The Kier molecular flexibility index (Phi) is 3.60. The van der Waals surface area contributed by atoms with Gasteiger partial charge < -0.3 is 19.2 Å². The van der Waals surface area contributed by atoms with Crippen LogP contribution in [-0.4, -0.2) is 25.2 Å². The number of rotatable bonds is 6. The molecule has 1 heterocycles. The van der Waals surface area contributed by atoms with E-state index in [0.29, 0.717) is 6.04 Å². The number of benzene rings is 1. The molecule has 1 fully saturated rings. The average Bonchev–Trinajstić information content (AvgIpc) is 3.20. The number of methoxy groups -OCH3 is 2. The first-order valence-corrected chi connectivity index (χ1v) is 6.69. The first-order valence-electron chi connectivity index (χ1n) is 6.69. The van der Waals surface area contributed by atoms with Crippen LogP contribution in [0.2, 0.25) is 0 Å². The first-order chi connectivity index (χ1) is 9.80. The molecule has 1 aliphatic rings. The van der Waals surface area contributed by atoms with Crippen LogP contribution in [0.4, 0.5) is 0 Å². The van der Waals surface area contributed by atoms with Gasteiger partial charge in [0.1, 0.15) is 17.2 Å². The smallest absolute Gasteiger partial charge is 0.181 e. The first kappa shape index (κ1) is 13.0. The Labute approximate surface area is 117 Å². The summed E-state index contributed by atoms with van der Waals surface area (Å²) in [6.07, 6.45) is 3.98. The van der Waals surface area contributed by atoms with Crippen LogP contribution in [-0.2, 0) is 6.54 Å². The van der Waals surface area contributed by atoms with Gasteiger partial charge in [0.25, 0.3) is 0 Å². The molecule has 1 aromatic heterocycles. The molecule has 5 heteroatoms. The van der Waals surface area contributed by atoms with E-state index in [4.69, 9.17) is 13.9 Å². The fourth-order valence-corrected chi connectivity index (χ4v) is 2.10. The topological polar surface area (TPSA) is 56.5 Å². The second-order valence-electron chi connectivity index (χ2n) is 4.88. The molecule has 0 bridgehead atoms. The van der Waals surface area contributed by atoms with Gasteiger partial charge in [-0.3, -0.25) is 0 Å². The second kappa shape index (κ2) is 5.54. The zero-order valence-electron chi connectivity index (χ0n) is 11.7. The molecule has 3 rings (SSSR count). The van der Waals surface area contributed by atoms with Gasteiger partial charge in [-0.1, -0.05) is 0 Å². The van der Waals surface area contributed by atoms with E-state index in [2.05, 4.69) is 10.3 Å². The Morgan fingerprint density at radius 3 is 2.50 bits per heavy atom. The highest BCUT2D eigenvalue weighted by Crippen LogP contribution is 2.31. The maximum Gasteiger partial charge on any atom is 0.181 e. The molecule has 1 saturated carbocycles. The molecular formula is C15H18N2O3. The summed E-state index contributed by atoms with van der Waals surface area (Å²) in [5, 5.41) is 3.44. The molecule has 2 aromatic rings. The van der Waals surface area contributed by atoms with Crippen molar-refractivity contribution in [3.8, 4) is 22.8 Å². The van der Waals surface area contributed by atoms with Gasteiger partial charge in [0.15, 0.2) is 12.2 Å². The predicted molar refractivity (Wildman–Crippen MR) is 74.9 cm³/mol. The average molecular weight is 274 g/mol. The van der Waals surface area contributed by atoms with Gasteiger partial charge in [-0.05, 0) is 25.0 Å². The fourth-order valence-electron chi connectivity index (χ4n) is 2.10. The zero-order chi connectivity index (χ0) is 13.9. The molecule has 0 aliphatic heterocycles. The summed E-state index contributed by atoms with van der Waals surface area (Å²) in [5.41, 5.74) is 1.82. The standard InChI is InChI=1S/C15H18N2O3/c1-18-12-5-10(6-13(7-12)19-2)15-14(17-9-20-15)8-16-11-3-4-11/h5-7,9,11,16H,3-4,8H2,1-2H3. The summed E-state index contributed by atoms with van der Waals surface area (Å²) in [6.45, 7) is 0.718. The van der Waals surface area contributed by atoms with E-state index < -0.39 is 0 Å². The van der Waals surface area contributed by atoms with Crippen molar-refractivity contribution in [1.29, 1.82) is 0 Å². The van der Waals surface area contributed by atoms with Crippen molar-refractivity contribution in [3.63, 3.8) is 0 Å². The third-order valence-electron chi connectivity index (χ3n) is 3.39. The van der Waals surface area contributed by atoms with E-state index in [1.807, 2.05) is 18.2 Å². The Hall–Kier alpha value is -2.01. The minimum absolute atomic E-state index is 0.638. The SMILES string of the molecule is COc1cc(OC)cc(-c2ocnc2CNC2CC2)c1. The lowest BCUT2D eigenvalue weighted by Crippen LogP contribution is -2.15. The lowest BCUT2D eigenvalue weighted by atomic mass is 10.1. The van der Waals surface area contributed by atoms with Crippen LogP contribution in [0.15, 0.2) is 29.0 Å². The molecule has 0 spiro atoms. The van der Waals surface area contributed by atoms with E-state index in [-0.39, 0.29) is 0 Å². The maximum atomic E-state index is 5.54. The summed E-state index contributed by atoms with van der Waals surface area (Å²) < 4.78 is 16.1. The van der Waals surface area contributed by atoms with Crippen molar-refractivity contribution in [1.82, 2.24) is 10.3 Å². The van der Waals surface area contributed by atoms with Crippen LogP contribution in [0.1, 0.15) is 18.5 Å². The number of nitrogens with one attached hydrogen (secondary N) is 1. The van der Waals surface area contributed by atoms with E-state index in [0.717, 1.165) is 35.1 Å². The highest BCUT2D eigenvalue weighted by atomic mass is 16.5. The second-order valence-corrected chi connectivity index (χ2v) is 4.88. The van der Waals surface area contributed by atoms with Crippen molar-refractivity contribution < 1.29 is 13.9 Å². The largest absolute Gasteiger partial charge is 0.497 e. The molecule has 0 unspecified atom stereocenters. The summed E-state index contributed by atoms with van der Waals surface area (Å²) in [7, 11) is 3.27. The Morgan fingerprint density at radius 2 is 1.90 bits per heavy atom. The summed E-state index contributed by atoms with van der Waals surface area (Å²) in [6, 6.07) is 6.31. The van der Waals surface area contributed by atoms with Gasteiger partial charge in [-0.2, -0.15) is 0 Å². The Bertz CT molecular complexity index is 568. The number of hydrogen-bond donors (Lipinski definition) is 1. The number of hydrogen-bond acceptors (Lipinski definition) is 5. The van der Waals surface area contributed by atoms with Crippen LogP contribution < -0.4 is 14.8 Å². The van der Waals surface area contributed by atoms with Crippen LogP contribution in [0.5, 0.6) is 11.5 Å². The zero-order valence-corrected chi connectivity index (χ0v) is 11.7. The van der Waals surface area contributed by atoms with Gasteiger partial charge in [0.05, 0.1) is 14.2 Å². The molecule has 5 nitrogen and oxygen atoms in total. The van der Waals surface area contributed by atoms with Crippen molar-refractivity contribution in [2.45, 2.75) is 25.4 Å². The molecule has 0 saturated heterocycles. The van der Waals surface area contributed by atoms with Crippen molar-refractivity contribution in [3.05, 3.63) is 30.3 Å². The van der Waals surface area contributed by atoms with Gasteiger partial charge in [0, 0.05) is 24.2 Å². The molecule has 1 aromatic carbocycles. The number of ether oxygens (including phenoxy) is 2. The number of nitrogens with zero attached hydrogens (tertiary/aromatic N) is 1. The Morgan fingerprint density at radius 1 is 1.20 bits per heavy atom. The van der Waals surface area contributed by atoms with Crippen molar-refractivity contribution in [2.24, 2.45) is 0 Å².